The molecule has 0 fully saturated rings. The molecule has 0 spiro atoms. The molecule has 1 amide bonds. The van der Waals surface area contributed by atoms with E-state index in [0.29, 0.717) is 15.8 Å². The van der Waals surface area contributed by atoms with Crippen LogP contribution in [0.15, 0.2) is 71.5 Å². The lowest BCUT2D eigenvalue weighted by atomic mass is 10.1. The molecule has 4 rings (SSSR count). The van der Waals surface area contributed by atoms with Crippen LogP contribution in [-0.2, 0) is 6.42 Å². The highest BCUT2D eigenvalue weighted by Crippen LogP contribution is 2.28. The van der Waals surface area contributed by atoms with Gasteiger partial charge in [0.15, 0.2) is 5.82 Å². The van der Waals surface area contributed by atoms with Crippen molar-refractivity contribution in [3.05, 3.63) is 94.2 Å². The number of tetrazole rings is 1. The zero-order chi connectivity index (χ0) is 28.1. The number of anilines is 1. The zero-order valence-corrected chi connectivity index (χ0v) is 21.4. The second kappa shape index (κ2) is 11.6. The SMILES string of the molecule is COc1cccc(F)c1-n1nnn(C(=O)N(c2ccc(OCCc3ccccc3)c(C(=O)O)c2)C(C)C)c1=O. The molecule has 11 nitrogen and oxygen atoms in total. The highest BCUT2D eigenvalue weighted by Gasteiger charge is 2.28. The van der Waals surface area contributed by atoms with Gasteiger partial charge in [-0.15, -0.1) is 4.68 Å². The number of nitrogens with zero attached hydrogens (tertiary/aromatic N) is 5. The van der Waals surface area contributed by atoms with Crippen LogP contribution in [-0.4, -0.2) is 56.7 Å². The number of aromatic carboxylic acids is 1. The van der Waals surface area contributed by atoms with Crippen LogP contribution in [0.2, 0.25) is 0 Å². The summed E-state index contributed by atoms with van der Waals surface area (Å²) in [5, 5.41) is 17.1. The van der Waals surface area contributed by atoms with Gasteiger partial charge in [0.2, 0.25) is 0 Å². The van der Waals surface area contributed by atoms with Gasteiger partial charge in [-0.1, -0.05) is 36.4 Å². The van der Waals surface area contributed by atoms with E-state index in [9.17, 15) is 23.9 Å². The van der Waals surface area contributed by atoms with E-state index < -0.39 is 29.5 Å². The Kier molecular flexibility index (Phi) is 8.04. The smallest absolute Gasteiger partial charge is 0.377 e. The van der Waals surface area contributed by atoms with Crippen molar-refractivity contribution in [2.45, 2.75) is 26.3 Å². The van der Waals surface area contributed by atoms with Gasteiger partial charge in [-0.3, -0.25) is 4.90 Å². The van der Waals surface area contributed by atoms with Crippen LogP contribution < -0.4 is 20.1 Å². The van der Waals surface area contributed by atoms with Gasteiger partial charge >= 0.3 is 17.7 Å². The molecule has 0 radical (unpaired) electrons. The lowest BCUT2D eigenvalue weighted by molar-refractivity contribution is 0.0692. The third kappa shape index (κ3) is 5.64. The minimum Gasteiger partial charge on any atom is -0.494 e. The molecule has 12 heteroatoms. The Morgan fingerprint density at radius 3 is 2.44 bits per heavy atom. The summed E-state index contributed by atoms with van der Waals surface area (Å²) in [6.07, 6.45) is 0.573. The van der Waals surface area contributed by atoms with E-state index in [1.165, 1.54) is 42.3 Å². The Labute approximate surface area is 222 Å². The number of hydrogen-bond acceptors (Lipinski definition) is 7. The minimum absolute atomic E-state index is 0.0197. The summed E-state index contributed by atoms with van der Waals surface area (Å²) in [5.41, 5.74) is -0.272. The molecule has 1 N–H and O–H groups in total. The average Bonchev–Trinajstić information content (AvgIpc) is 3.30. The molecule has 0 bridgehead atoms. The van der Waals surface area contributed by atoms with E-state index in [2.05, 4.69) is 10.4 Å². The van der Waals surface area contributed by atoms with Crippen LogP contribution in [0.4, 0.5) is 14.9 Å². The van der Waals surface area contributed by atoms with E-state index >= 15 is 0 Å². The van der Waals surface area contributed by atoms with Gasteiger partial charge in [0.05, 0.1) is 13.7 Å². The fourth-order valence-electron chi connectivity index (χ4n) is 3.99. The standard InChI is InChI=1S/C27H26FN5O6/c1-17(2)31(26(36)33-27(37)32(29-30-33)24-21(28)10-7-11-23(24)38-3)19-12-13-22(20(16-19)25(34)35)39-15-14-18-8-5-4-6-9-18/h4-13,16-17H,14-15H2,1-3H3,(H,34,35). The van der Waals surface area contributed by atoms with Crippen molar-refractivity contribution in [3.63, 3.8) is 0 Å². The summed E-state index contributed by atoms with van der Waals surface area (Å²) in [7, 11) is 1.30. The number of para-hydroxylation sites is 1. The van der Waals surface area contributed by atoms with Crippen molar-refractivity contribution in [1.82, 2.24) is 19.8 Å². The maximum Gasteiger partial charge on any atom is 0.377 e. The zero-order valence-electron chi connectivity index (χ0n) is 21.4. The fourth-order valence-corrected chi connectivity index (χ4v) is 3.99. The molecule has 202 valence electrons. The molecule has 3 aromatic carbocycles. The van der Waals surface area contributed by atoms with Crippen molar-refractivity contribution in [3.8, 4) is 17.2 Å². The molecular formula is C27H26FN5O6. The van der Waals surface area contributed by atoms with Gasteiger partial charge < -0.3 is 14.6 Å². The number of benzene rings is 3. The Bertz CT molecular complexity index is 1550. The largest absolute Gasteiger partial charge is 0.494 e. The second-order valence-corrected chi connectivity index (χ2v) is 8.69. The van der Waals surface area contributed by atoms with Crippen molar-refractivity contribution >= 4 is 17.7 Å². The van der Waals surface area contributed by atoms with Gasteiger partial charge in [-0.2, -0.15) is 4.68 Å². The van der Waals surface area contributed by atoms with Crippen molar-refractivity contribution in [2.24, 2.45) is 0 Å². The van der Waals surface area contributed by atoms with Gasteiger partial charge in [0, 0.05) is 18.2 Å². The molecule has 39 heavy (non-hydrogen) atoms. The summed E-state index contributed by atoms with van der Waals surface area (Å²) in [6, 6.07) is 16.4. The number of hydrogen-bond donors (Lipinski definition) is 1. The molecule has 0 atom stereocenters. The lowest BCUT2D eigenvalue weighted by Crippen LogP contribution is -2.44. The van der Waals surface area contributed by atoms with E-state index in [4.69, 9.17) is 9.47 Å². The van der Waals surface area contributed by atoms with Crippen molar-refractivity contribution in [2.75, 3.05) is 18.6 Å². The fraction of sp³-hybridized carbons (Fsp3) is 0.222. The summed E-state index contributed by atoms with van der Waals surface area (Å²) in [5.74, 6) is -1.90. The van der Waals surface area contributed by atoms with Gasteiger partial charge in [0.1, 0.15) is 22.7 Å². The molecule has 1 heterocycles. The first kappa shape index (κ1) is 27.0. The second-order valence-electron chi connectivity index (χ2n) is 8.69. The Morgan fingerprint density at radius 1 is 1.03 bits per heavy atom. The first-order valence-electron chi connectivity index (χ1n) is 12.0. The Morgan fingerprint density at radius 2 is 1.77 bits per heavy atom. The number of amides is 1. The first-order chi connectivity index (χ1) is 18.7. The maximum absolute atomic E-state index is 14.5. The topological polar surface area (TPSA) is 129 Å². The third-order valence-electron chi connectivity index (χ3n) is 5.83. The molecule has 0 aliphatic heterocycles. The Balaban J connectivity index is 1.64. The van der Waals surface area contributed by atoms with Crippen LogP contribution >= 0.6 is 0 Å². The average molecular weight is 536 g/mol. The number of carboxylic acid groups (broad SMARTS) is 1. The molecule has 0 saturated carbocycles. The molecule has 0 aliphatic carbocycles. The number of carboxylic acids is 1. The van der Waals surface area contributed by atoms with Crippen molar-refractivity contribution < 1.29 is 28.6 Å². The number of carbonyl (C=O) groups is 2. The monoisotopic (exact) mass is 535 g/mol. The summed E-state index contributed by atoms with van der Waals surface area (Å²) in [6.45, 7) is 3.60. The number of halogens is 1. The van der Waals surface area contributed by atoms with E-state index in [0.717, 1.165) is 11.6 Å². The Hall–Kier alpha value is -5.00. The highest BCUT2D eigenvalue weighted by atomic mass is 19.1. The van der Waals surface area contributed by atoms with Crippen LogP contribution in [0.5, 0.6) is 11.5 Å². The summed E-state index contributed by atoms with van der Waals surface area (Å²) in [4.78, 5) is 39.7. The molecule has 0 saturated heterocycles. The third-order valence-corrected chi connectivity index (χ3v) is 5.83. The normalized spacial score (nSPS) is 10.9. The number of carbonyl (C=O) groups excluding carboxylic acids is 1. The predicted octanol–water partition coefficient (Wildman–Crippen LogP) is 3.78. The van der Waals surface area contributed by atoms with Crippen molar-refractivity contribution in [1.29, 1.82) is 0 Å². The number of methoxy groups -OCH3 is 1. The molecule has 0 aliphatic rings. The quantitative estimate of drug-likeness (QED) is 0.321. The molecule has 1 aromatic heterocycles. The number of aromatic nitrogens is 4. The van der Waals surface area contributed by atoms with Crippen LogP contribution in [0.3, 0.4) is 0 Å². The van der Waals surface area contributed by atoms with E-state index in [1.807, 2.05) is 30.3 Å². The lowest BCUT2D eigenvalue weighted by Gasteiger charge is -2.26. The van der Waals surface area contributed by atoms with E-state index in [-0.39, 0.29) is 35.0 Å². The van der Waals surface area contributed by atoms with Crippen LogP contribution in [0.25, 0.3) is 5.69 Å². The summed E-state index contributed by atoms with van der Waals surface area (Å²) >= 11 is 0. The molecule has 0 unspecified atom stereocenters. The van der Waals surface area contributed by atoms with Gasteiger partial charge in [-0.25, -0.2) is 18.8 Å². The van der Waals surface area contributed by atoms with Crippen LogP contribution in [0, 0.1) is 5.82 Å². The highest BCUT2D eigenvalue weighted by molar-refractivity contribution is 5.97. The first-order valence-corrected chi connectivity index (χ1v) is 12.0. The number of ether oxygens (including phenoxy) is 2. The van der Waals surface area contributed by atoms with Crippen LogP contribution in [0.1, 0.15) is 29.8 Å². The molecular weight excluding hydrogens is 509 g/mol. The van der Waals surface area contributed by atoms with Gasteiger partial charge in [-0.05, 0) is 60.2 Å². The number of rotatable bonds is 9. The molecule has 4 aromatic rings. The predicted molar refractivity (Wildman–Crippen MR) is 140 cm³/mol. The summed E-state index contributed by atoms with van der Waals surface area (Å²) < 4.78 is 26.5. The maximum atomic E-state index is 14.5. The van der Waals surface area contributed by atoms with E-state index in [1.54, 1.807) is 13.8 Å². The minimum atomic E-state index is -1.25. The van der Waals surface area contributed by atoms with Gasteiger partial charge in [0.25, 0.3) is 0 Å².